The summed E-state index contributed by atoms with van der Waals surface area (Å²) in [4.78, 5) is 12.1. The maximum absolute atomic E-state index is 13.7. The van der Waals surface area contributed by atoms with Gasteiger partial charge < -0.3 is 10.1 Å². The molecule has 0 aliphatic heterocycles. The number of nitrogens with one attached hydrogen (secondary N) is 1. The average molecular weight is 433 g/mol. The highest BCUT2D eigenvalue weighted by Crippen LogP contribution is 2.24. The van der Waals surface area contributed by atoms with Crippen LogP contribution in [0.1, 0.15) is 15.9 Å². The second-order valence-corrected chi connectivity index (χ2v) is 5.80. The smallest absolute Gasteiger partial charge is 0.387 e. The molecule has 0 unspecified atom stereocenters. The summed E-state index contributed by atoms with van der Waals surface area (Å²) in [6.07, 6.45) is 1.15. The minimum Gasteiger partial charge on any atom is -0.435 e. The maximum atomic E-state index is 13.7. The van der Waals surface area contributed by atoms with Gasteiger partial charge in [-0.2, -0.15) is 13.9 Å². The van der Waals surface area contributed by atoms with Gasteiger partial charge in [-0.15, -0.1) is 0 Å². The molecular weight excluding hydrogens is 423 g/mol. The molecule has 30 heavy (non-hydrogen) atoms. The number of hydrogen-bond donors (Lipinski definition) is 1. The van der Waals surface area contributed by atoms with Crippen molar-refractivity contribution in [3.63, 3.8) is 0 Å². The number of nitrogens with zero attached hydrogens (tertiary/aromatic N) is 2. The van der Waals surface area contributed by atoms with Crippen molar-refractivity contribution < 1.29 is 40.3 Å². The number of alkyl halides is 2. The van der Waals surface area contributed by atoms with Crippen LogP contribution in [0.4, 0.5) is 36.6 Å². The van der Waals surface area contributed by atoms with Crippen LogP contribution in [0.25, 0.3) is 0 Å². The lowest BCUT2D eigenvalue weighted by Crippen LogP contribution is -2.14. The number of rotatable bonds is 6. The van der Waals surface area contributed by atoms with E-state index in [0.29, 0.717) is 0 Å². The van der Waals surface area contributed by atoms with Gasteiger partial charge in [0.2, 0.25) is 5.82 Å². The fraction of sp³-hybridized carbons (Fsp3) is 0.111. The van der Waals surface area contributed by atoms with Crippen LogP contribution in [-0.4, -0.2) is 22.3 Å². The van der Waals surface area contributed by atoms with E-state index in [9.17, 15) is 35.5 Å². The van der Waals surface area contributed by atoms with Crippen LogP contribution in [-0.2, 0) is 6.54 Å². The third-order valence-electron chi connectivity index (χ3n) is 3.84. The Kier molecular flexibility index (Phi) is 5.94. The van der Waals surface area contributed by atoms with Gasteiger partial charge in [0, 0.05) is 17.8 Å². The van der Waals surface area contributed by atoms with Crippen molar-refractivity contribution >= 4 is 11.7 Å². The predicted molar refractivity (Wildman–Crippen MR) is 88.6 cm³/mol. The molecule has 5 nitrogen and oxygen atoms in total. The lowest BCUT2D eigenvalue weighted by molar-refractivity contribution is -0.0498. The minimum atomic E-state index is -3.02. The highest BCUT2D eigenvalue weighted by molar-refractivity contribution is 6.03. The molecule has 1 N–H and O–H groups in total. The van der Waals surface area contributed by atoms with Gasteiger partial charge in [0.1, 0.15) is 5.75 Å². The zero-order valence-corrected chi connectivity index (χ0v) is 14.6. The Balaban J connectivity index is 1.72. The molecule has 3 rings (SSSR count). The fourth-order valence-electron chi connectivity index (χ4n) is 2.44. The van der Waals surface area contributed by atoms with Gasteiger partial charge in [0.05, 0.1) is 12.1 Å². The summed E-state index contributed by atoms with van der Waals surface area (Å²) in [5, 5.41) is 6.11. The van der Waals surface area contributed by atoms with Crippen molar-refractivity contribution in [2.75, 3.05) is 5.32 Å². The zero-order valence-electron chi connectivity index (χ0n) is 14.6. The molecule has 0 saturated heterocycles. The summed E-state index contributed by atoms with van der Waals surface area (Å²) in [5.74, 6) is -11.3. The molecule has 1 aromatic heterocycles. The number of halogens is 7. The average Bonchev–Trinajstić information content (AvgIpc) is 3.15. The summed E-state index contributed by atoms with van der Waals surface area (Å²) >= 11 is 0. The monoisotopic (exact) mass is 433 g/mol. The maximum Gasteiger partial charge on any atom is 0.387 e. The number of benzene rings is 2. The molecular formula is C18H10F7N3O2. The van der Waals surface area contributed by atoms with E-state index in [1.54, 1.807) is 0 Å². The number of aromatic nitrogens is 2. The minimum absolute atomic E-state index is 0.0610. The van der Waals surface area contributed by atoms with Gasteiger partial charge in [0.15, 0.2) is 29.1 Å². The highest BCUT2D eigenvalue weighted by atomic mass is 19.3. The first-order chi connectivity index (χ1) is 14.2. The number of carbonyl (C=O) groups is 1. The van der Waals surface area contributed by atoms with Crippen molar-refractivity contribution in [2.24, 2.45) is 0 Å². The Morgan fingerprint density at radius 2 is 1.50 bits per heavy atom. The molecule has 0 spiro atoms. The van der Waals surface area contributed by atoms with Crippen molar-refractivity contribution in [3.8, 4) is 5.75 Å². The molecule has 0 aliphatic rings. The van der Waals surface area contributed by atoms with E-state index < -0.39 is 53.7 Å². The number of anilines is 1. The summed E-state index contributed by atoms with van der Waals surface area (Å²) in [6, 6.07) is 5.92. The van der Waals surface area contributed by atoms with E-state index >= 15 is 0 Å². The normalized spacial score (nSPS) is 11.1. The van der Waals surface area contributed by atoms with Crippen molar-refractivity contribution in [1.29, 1.82) is 0 Å². The Labute approximate surface area is 163 Å². The van der Waals surface area contributed by atoms with Crippen LogP contribution in [0.3, 0.4) is 0 Å². The molecule has 1 amide bonds. The first kappa shape index (κ1) is 21.1. The standard InChI is InChI=1S/C18H10F7N3O2/c19-12-10(13(20)15(22)16(23)14(12)21)7-28-6-5-11(27-28)26-17(29)8-1-3-9(4-2-8)30-18(24)25/h1-6,18H,7H2,(H,26,27,29). The highest BCUT2D eigenvalue weighted by Gasteiger charge is 2.26. The number of hydrogen-bond acceptors (Lipinski definition) is 3. The molecule has 158 valence electrons. The van der Waals surface area contributed by atoms with Crippen LogP contribution in [0.5, 0.6) is 5.75 Å². The lowest BCUT2D eigenvalue weighted by atomic mass is 10.1. The third-order valence-corrected chi connectivity index (χ3v) is 3.84. The quantitative estimate of drug-likeness (QED) is 0.354. The molecule has 1 heterocycles. The SMILES string of the molecule is O=C(Nc1ccn(Cc2c(F)c(F)c(F)c(F)c2F)n1)c1ccc(OC(F)F)cc1. The van der Waals surface area contributed by atoms with Gasteiger partial charge in [-0.1, -0.05) is 0 Å². The molecule has 0 atom stereocenters. The van der Waals surface area contributed by atoms with Crippen LogP contribution in [0, 0.1) is 29.1 Å². The van der Waals surface area contributed by atoms with Crippen molar-refractivity contribution in [1.82, 2.24) is 9.78 Å². The Morgan fingerprint density at radius 1 is 0.933 bits per heavy atom. The van der Waals surface area contributed by atoms with Crippen LogP contribution in [0.15, 0.2) is 36.5 Å². The molecule has 12 heteroatoms. The number of ether oxygens (including phenoxy) is 1. The van der Waals surface area contributed by atoms with Gasteiger partial charge in [-0.3, -0.25) is 9.48 Å². The van der Waals surface area contributed by atoms with Crippen molar-refractivity contribution in [3.05, 3.63) is 76.7 Å². The Bertz CT molecular complexity index is 1060. The van der Waals surface area contributed by atoms with E-state index in [4.69, 9.17) is 0 Å². The lowest BCUT2D eigenvalue weighted by Gasteiger charge is -2.08. The Hall–Kier alpha value is -3.57. The predicted octanol–water partition coefficient (Wildman–Crippen LogP) is 4.48. The largest absolute Gasteiger partial charge is 0.435 e. The topological polar surface area (TPSA) is 56.2 Å². The molecule has 0 radical (unpaired) electrons. The van der Waals surface area contributed by atoms with E-state index in [0.717, 1.165) is 23.0 Å². The summed E-state index contributed by atoms with van der Waals surface area (Å²) in [6.45, 7) is -3.81. The van der Waals surface area contributed by atoms with Crippen LogP contribution < -0.4 is 10.1 Å². The molecule has 0 fully saturated rings. The summed E-state index contributed by atoms with van der Waals surface area (Å²) < 4.78 is 96.4. The van der Waals surface area contributed by atoms with Gasteiger partial charge in [-0.25, -0.2) is 22.0 Å². The first-order valence-electron chi connectivity index (χ1n) is 8.07. The molecule has 3 aromatic rings. The van der Waals surface area contributed by atoms with Gasteiger partial charge in [-0.05, 0) is 24.3 Å². The van der Waals surface area contributed by atoms with Gasteiger partial charge >= 0.3 is 6.61 Å². The first-order valence-corrected chi connectivity index (χ1v) is 8.07. The number of carbonyl (C=O) groups excluding carboxylic acids is 1. The van der Waals surface area contributed by atoms with E-state index in [1.165, 1.54) is 18.2 Å². The van der Waals surface area contributed by atoms with E-state index in [-0.39, 0.29) is 17.1 Å². The van der Waals surface area contributed by atoms with Crippen LogP contribution in [0.2, 0.25) is 0 Å². The van der Waals surface area contributed by atoms with Gasteiger partial charge in [0.25, 0.3) is 5.91 Å². The second-order valence-electron chi connectivity index (χ2n) is 5.80. The summed E-state index contributed by atoms with van der Waals surface area (Å²) in [7, 11) is 0. The second kappa shape index (κ2) is 8.43. The molecule has 2 aromatic carbocycles. The van der Waals surface area contributed by atoms with Crippen LogP contribution >= 0.6 is 0 Å². The molecule has 0 saturated carbocycles. The molecule has 0 bridgehead atoms. The number of amides is 1. The summed E-state index contributed by atoms with van der Waals surface area (Å²) in [5.41, 5.74) is -1.03. The zero-order chi connectivity index (χ0) is 22.0. The Morgan fingerprint density at radius 3 is 2.07 bits per heavy atom. The van der Waals surface area contributed by atoms with E-state index in [2.05, 4.69) is 15.2 Å². The fourth-order valence-corrected chi connectivity index (χ4v) is 2.44. The molecule has 0 aliphatic carbocycles. The third kappa shape index (κ3) is 4.36. The van der Waals surface area contributed by atoms with Crippen molar-refractivity contribution in [2.45, 2.75) is 13.2 Å². The van der Waals surface area contributed by atoms with E-state index in [1.807, 2.05) is 0 Å².